The zero-order valence-corrected chi connectivity index (χ0v) is 16.6. The van der Waals surface area contributed by atoms with E-state index in [4.69, 9.17) is 16.3 Å². The number of aromatic amines is 1. The van der Waals surface area contributed by atoms with Crippen LogP contribution in [0.2, 0.25) is 5.02 Å². The third-order valence-corrected chi connectivity index (χ3v) is 5.24. The van der Waals surface area contributed by atoms with E-state index in [1.165, 1.54) is 17.8 Å². The van der Waals surface area contributed by atoms with Crippen LogP contribution in [0.1, 0.15) is 5.56 Å². The number of hydrogen-bond acceptors (Lipinski definition) is 5. The molecule has 0 spiro atoms. The van der Waals surface area contributed by atoms with Gasteiger partial charge in [0.05, 0.1) is 11.6 Å². The summed E-state index contributed by atoms with van der Waals surface area (Å²) in [5.41, 5.74) is 2.13. The van der Waals surface area contributed by atoms with Gasteiger partial charge in [0.25, 0.3) is 5.56 Å². The van der Waals surface area contributed by atoms with Gasteiger partial charge in [-0.1, -0.05) is 47.6 Å². The highest BCUT2D eigenvalue weighted by Gasteiger charge is 2.13. The summed E-state index contributed by atoms with van der Waals surface area (Å²) in [5.74, 6) is 1.97. The summed E-state index contributed by atoms with van der Waals surface area (Å²) in [6, 6.07) is 16.7. The molecule has 0 saturated carbocycles. The lowest BCUT2D eigenvalue weighted by atomic mass is 10.2. The second kappa shape index (κ2) is 8.08. The molecule has 0 fully saturated rings. The molecule has 2 aromatic carbocycles. The van der Waals surface area contributed by atoms with Gasteiger partial charge >= 0.3 is 0 Å². The van der Waals surface area contributed by atoms with Gasteiger partial charge in [-0.3, -0.25) is 9.89 Å². The Morgan fingerprint density at radius 1 is 1.14 bits per heavy atom. The summed E-state index contributed by atoms with van der Waals surface area (Å²) >= 11 is 7.77. The first-order valence-corrected chi connectivity index (χ1v) is 10.0. The maximum Gasteiger partial charge on any atom is 0.266 e. The normalized spacial score (nSPS) is 11.1. The maximum atomic E-state index is 11.8. The molecule has 0 aliphatic carbocycles. The molecule has 28 heavy (non-hydrogen) atoms. The summed E-state index contributed by atoms with van der Waals surface area (Å²) in [6.07, 6.45) is 0. The first kappa shape index (κ1) is 18.6. The molecular weight excluding hydrogens is 396 g/mol. The second-order valence-electron chi connectivity index (χ2n) is 6.14. The van der Waals surface area contributed by atoms with E-state index in [0.29, 0.717) is 34.0 Å². The number of nitrogens with one attached hydrogen (secondary N) is 1. The monoisotopic (exact) mass is 412 g/mol. The van der Waals surface area contributed by atoms with Gasteiger partial charge in [-0.15, -0.1) is 0 Å². The highest BCUT2D eigenvalue weighted by atomic mass is 35.5. The molecular formula is C20H17ClN4O2S. The van der Waals surface area contributed by atoms with Crippen LogP contribution in [0.15, 0.2) is 64.5 Å². The van der Waals surface area contributed by atoms with E-state index in [-0.39, 0.29) is 5.56 Å². The Kier molecular flexibility index (Phi) is 5.36. The Morgan fingerprint density at radius 3 is 2.82 bits per heavy atom. The van der Waals surface area contributed by atoms with Gasteiger partial charge < -0.3 is 4.74 Å². The number of nitrogens with zero attached hydrogens (tertiary/aromatic N) is 3. The molecule has 0 radical (unpaired) electrons. The summed E-state index contributed by atoms with van der Waals surface area (Å²) in [7, 11) is 0. The van der Waals surface area contributed by atoms with E-state index >= 15 is 0 Å². The highest BCUT2D eigenvalue weighted by molar-refractivity contribution is 7.99. The number of ether oxygens (including phenoxy) is 1. The first-order valence-electron chi connectivity index (χ1n) is 8.67. The quantitative estimate of drug-likeness (QED) is 0.379. The molecule has 0 saturated heterocycles. The van der Waals surface area contributed by atoms with Gasteiger partial charge in [-0.25, -0.2) is 14.5 Å². The van der Waals surface area contributed by atoms with E-state index in [2.05, 4.69) is 15.1 Å². The largest absolute Gasteiger partial charge is 0.493 e. The number of aromatic nitrogens is 4. The van der Waals surface area contributed by atoms with E-state index in [0.717, 1.165) is 16.9 Å². The molecule has 6 nitrogen and oxygen atoms in total. The highest BCUT2D eigenvalue weighted by Crippen LogP contribution is 2.27. The minimum atomic E-state index is -0.233. The van der Waals surface area contributed by atoms with Gasteiger partial charge in [-0.2, -0.15) is 0 Å². The maximum absolute atomic E-state index is 11.8. The molecule has 0 unspecified atom stereocenters. The van der Waals surface area contributed by atoms with E-state index < -0.39 is 0 Å². The van der Waals surface area contributed by atoms with Crippen molar-refractivity contribution in [3.63, 3.8) is 0 Å². The van der Waals surface area contributed by atoms with E-state index in [1.54, 1.807) is 10.6 Å². The molecule has 4 rings (SSSR count). The Morgan fingerprint density at radius 2 is 2.00 bits per heavy atom. The zero-order valence-electron chi connectivity index (χ0n) is 15.1. The molecule has 0 atom stereocenters. The molecule has 0 amide bonds. The van der Waals surface area contributed by atoms with Crippen LogP contribution in [0.5, 0.6) is 5.75 Å². The number of rotatable bonds is 6. The zero-order chi connectivity index (χ0) is 19.5. The molecule has 2 heterocycles. The first-order chi connectivity index (χ1) is 13.6. The summed E-state index contributed by atoms with van der Waals surface area (Å²) < 4.78 is 7.38. The average molecular weight is 413 g/mol. The molecule has 142 valence electrons. The van der Waals surface area contributed by atoms with Crippen LogP contribution in [-0.2, 0) is 0 Å². The van der Waals surface area contributed by atoms with Crippen molar-refractivity contribution in [3.05, 3.63) is 75.5 Å². The van der Waals surface area contributed by atoms with Crippen molar-refractivity contribution in [2.45, 2.75) is 12.1 Å². The molecule has 8 heteroatoms. The van der Waals surface area contributed by atoms with Gasteiger partial charge in [0.1, 0.15) is 5.75 Å². The standard InChI is InChI=1S/C20H17ClN4O2S/c1-13-5-4-6-14(11-13)27-9-10-28-20-23-19(15-7-2-3-8-16(15)21)22-17-12-18(26)24-25(17)20/h2-8,11-12H,9-10H2,1H3,(H,24,26). The number of benzene rings is 2. The van der Waals surface area contributed by atoms with Crippen LogP contribution in [0, 0.1) is 6.92 Å². The van der Waals surface area contributed by atoms with Crippen LogP contribution in [-0.4, -0.2) is 31.9 Å². The van der Waals surface area contributed by atoms with Crippen molar-refractivity contribution in [2.24, 2.45) is 0 Å². The second-order valence-corrected chi connectivity index (χ2v) is 7.61. The molecule has 4 aromatic rings. The summed E-state index contributed by atoms with van der Waals surface area (Å²) in [6.45, 7) is 2.53. The number of hydrogen-bond donors (Lipinski definition) is 1. The van der Waals surface area contributed by atoms with Crippen molar-refractivity contribution in [1.29, 1.82) is 0 Å². The van der Waals surface area contributed by atoms with Crippen LogP contribution in [0.3, 0.4) is 0 Å². The predicted molar refractivity (Wildman–Crippen MR) is 111 cm³/mol. The number of aryl methyl sites for hydroxylation is 1. The predicted octanol–water partition coefficient (Wildman–Crippen LogP) is 4.22. The minimum absolute atomic E-state index is 0.233. The van der Waals surface area contributed by atoms with E-state index in [9.17, 15) is 4.79 Å². The Balaban J connectivity index is 1.57. The van der Waals surface area contributed by atoms with Crippen LogP contribution >= 0.6 is 23.4 Å². The fourth-order valence-electron chi connectivity index (χ4n) is 2.74. The third-order valence-electron chi connectivity index (χ3n) is 4.01. The summed E-state index contributed by atoms with van der Waals surface area (Å²) in [4.78, 5) is 20.9. The van der Waals surface area contributed by atoms with Crippen LogP contribution in [0.4, 0.5) is 0 Å². The number of thioether (sulfide) groups is 1. The van der Waals surface area contributed by atoms with Gasteiger partial charge in [0.2, 0.25) is 0 Å². The molecule has 0 bridgehead atoms. The minimum Gasteiger partial charge on any atom is -0.493 e. The molecule has 1 N–H and O–H groups in total. The van der Waals surface area contributed by atoms with Gasteiger partial charge in [-0.05, 0) is 36.8 Å². The Bertz CT molecular complexity index is 1190. The summed E-state index contributed by atoms with van der Waals surface area (Å²) in [5, 5.41) is 3.91. The van der Waals surface area contributed by atoms with Crippen molar-refractivity contribution in [2.75, 3.05) is 12.4 Å². The Labute approximate surface area is 170 Å². The van der Waals surface area contributed by atoms with Crippen molar-refractivity contribution >= 4 is 29.0 Å². The van der Waals surface area contributed by atoms with Crippen LogP contribution in [0.25, 0.3) is 17.0 Å². The van der Waals surface area contributed by atoms with Crippen molar-refractivity contribution in [1.82, 2.24) is 19.6 Å². The lowest BCUT2D eigenvalue weighted by molar-refractivity contribution is 0.343. The van der Waals surface area contributed by atoms with Crippen molar-refractivity contribution < 1.29 is 4.74 Å². The number of H-pyrrole nitrogens is 1. The van der Waals surface area contributed by atoms with Crippen LogP contribution < -0.4 is 10.3 Å². The lowest BCUT2D eigenvalue weighted by Gasteiger charge is -2.09. The SMILES string of the molecule is Cc1cccc(OCCSc2nc(-c3ccccc3Cl)nc3cc(=O)[nH]n23)c1. The molecule has 0 aliphatic heterocycles. The Hall–Kier alpha value is -2.77. The molecule has 2 aromatic heterocycles. The number of halogens is 1. The smallest absolute Gasteiger partial charge is 0.266 e. The topological polar surface area (TPSA) is 72.3 Å². The molecule has 0 aliphatic rings. The average Bonchev–Trinajstić information content (AvgIpc) is 3.06. The fraction of sp³-hybridized carbons (Fsp3) is 0.150. The van der Waals surface area contributed by atoms with Gasteiger partial charge in [0.15, 0.2) is 16.6 Å². The number of fused-ring (bicyclic) bond motifs is 1. The lowest BCUT2D eigenvalue weighted by Crippen LogP contribution is -2.07. The third kappa shape index (κ3) is 4.05. The van der Waals surface area contributed by atoms with Gasteiger partial charge in [0, 0.05) is 17.4 Å². The van der Waals surface area contributed by atoms with E-state index in [1.807, 2.05) is 49.4 Å². The fourth-order valence-corrected chi connectivity index (χ4v) is 3.73. The van der Waals surface area contributed by atoms with Crippen molar-refractivity contribution in [3.8, 4) is 17.1 Å².